The average molecular weight is 358 g/mol. The molecule has 0 unspecified atom stereocenters. The first-order chi connectivity index (χ1) is 12.3. The van der Waals surface area contributed by atoms with Gasteiger partial charge >= 0.3 is 11.9 Å². The predicted octanol–water partition coefficient (Wildman–Crippen LogP) is 4.94. The lowest BCUT2D eigenvalue weighted by atomic mass is 9.80. The van der Waals surface area contributed by atoms with Gasteiger partial charge in [-0.15, -0.1) is 0 Å². The van der Waals surface area contributed by atoms with Crippen LogP contribution >= 0.6 is 0 Å². The predicted molar refractivity (Wildman–Crippen MR) is 102 cm³/mol. The maximum atomic E-state index is 11.9. The van der Waals surface area contributed by atoms with Gasteiger partial charge in [-0.25, -0.2) is 9.59 Å². The van der Waals surface area contributed by atoms with Gasteiger partial charge in [0.1, 0.15) is 5.60 Å². The zero-order chi connectivity index (χ0) is 19.0. The highest BCUT2D eigenvalue weighted by Crippen LogP contribution is 2.31. The van der Waals surface area contributed by atoms with Crippen LogP contribution < -0.4 is 0 Å². The van der Waals surface area contributed by atoms with E-state index < -0.39 is 5.60 Å². The third-order valence-corrected chi connectivity index (χ3v) is 4.57. The summed E-state index contributed by atoms with van der Waals surface area (Å²) < 4.78 is 10.7. The Kier molecular flexibility index (Phi) is 7.43. The largest absolute Gasteiger partial charge is 0.462 e. The second-order valence-electron chi connectivity index (χ2n) is 7.96. The van der Waals surface area contributed by atoms with Gasteiger partial charge in [0.05, 0.1) is 12.2 Å². The number of benzene rings is 1. The zero-order valence-electron chi connectivity index (χ0n) is 16.1. The Bertz CT molecular complexity index is 605. The van der Waals surface area contributed by atoms with Gasteiger partial charge in [-0.3, -0.25) is 0 Å². The van der Waals surface area contributed by atoms with Crippen LogP contribution in [-0.4, -0.2) is 24.1 Å². The standard InChI is InChI=1S/C22H30O4/c1-22(2,3)26-20(23)14-13-17-9-11-18(12-10-17)15-16-25-21(24)19-7-5-4-6-8-19/h4-8,13-14,17-18H,9-12,15-16H2,1-3H3/b14-13+. The molecule has 0 spiro atoms. The van der Waals surface area contributed by atoms with Gasteiger partial charge in [-0.05, 0) is 76.8 Å². The molecular formula is C22H30O4. The van der Waals surface area contributed by atoms with Crippen LogP contribution in [0.3, 0.4) is 0 Å². The molecule has 1 fully saturated rings. The number of ether oxygens (including phenoxy) is 2. The molecule has 0 aromatic heterocycles. The van der Waals surface area contributed by atoms with Crippen molar-refractivity contribution in [3.05, 3.63) is 48.0 Å². The molecule has 1 aromatic rings. The van der Waals surface area contributed by atoms with Crippen molar-refractivity contribution in [2.24, 2.45) is 11.8 Å². The Morgan fingerprint density at radius 2 is 1.73 bits per heavy atom. The highest BCUT2D eigenvalue weighted by atomic mass is 16.6. The van der Waals surface area contributed by atoms with Gasteiger partial charge in [0, 0.05) is 6.08 Å². The Morgan fingerprint density at radius 1 is 1.08 bits per heavy atom. The van der Waals surface area contributed by atoms with Crippen LogP contribution in [0.25, 0.3) is 0 Å². The Balaban J connectivity index is 1.64. The summed E-state index contributed by atoms with van der Waals surface area (Å²) in [7, 11) is 0. The molecule has 0 bridgehead atoms. The molecule has 4 heteroatoms. The molecule has 0 aliphatic heterocycles. The van der Waals surface area contributed by atoms with E-state index in [1.807, 2.05) is 45.0 Å². The summed E-state index contributed by atoms with van der Waals surface area (Å²) in [6, 6.07) is 9.09. The van der Waals surface area contributed by atoms with Crippen LogP contribution in [0.5, 0.6) is 0 Å². The third kappa shape index (κ3) is 7.42. The van der Waals surface area contributed by atoms with Crippen molar-refractivity contribution < 1.29 is 19.1 Å². The van der Waals surface area contributed by atoms with E-state index in [1.54, 1.807) is 18.2 Å². The van der Waals surface area contributed by atoms with Gasteiger partial charge in [-0.1, -0.05) is 24.3 Å². The third-order valence-electron chi connectivity index (χ3n) is 4.57. The van der Waals surface area contributed by atoms with E-state index in [9.17, 15) is 9.59 Å². The molecule has 0 radical (unpaired) electrons. The van der Waals surface area contributed by atoms with Crippen molar-refractivity contribution in [2.45, 2.75) is 58.5 Å². The van der Waals surface area contributed by atoms with Crippen LogP contribution in [-0.2, 0) is 14.3 Å². The number of esters is 2. The average Bonchev–Trinajstić information content (AvgIpc) is 2.60. The highest BCUT2D eigenvalue weighted by molar-refractivity contribution is 5.89. The fourth-order valence-corrected chi connectivity index (χ4v) is 3.20. The first kappa shape index (κ1) is 20.2. The minimum absolute atomic E-state index is 0.250. The normalized spacial score (nSPS) is 20.7. The monoisotopic (exact) mass is 358 g/mol. The van der Waals surface area contributed by atoms with E-state index in [2.05, 4.69) is 0 Å². The number of hydrogen-bond acceptors (Lipinski definition) is 4. The molecule has 4 nitrogen and oxygen atoms in total. The van der Waals surface area contributed by atoms with E-state index >= 15 is 0 Å². The quantitative estimate of drug-likeness (QED) is 0.534. The van der Waals surface area contributed by atoms with Crippen LogP contribution in [0.4, 0.5) is 0 Å². The topological polar surface area (TPSA) is 52.6 Å². The first-order valence-electron chi connectivity index (χ1n) is 9.47. The SMILES string of the molecule is CC(C)(C)OC(=O)/C=C/C1CCC(CCOC(=O)c2ccccc2)CC1. The fourth-order valence-electron chi connectivity index (χ4n) is 3.20. The van der Waals surface area contributed by atoms with Crippen molar-refractivity contribution in [1.29, 1.82) is 0 Å². The Morgan fingerprint density at radius 3 is 2.35 bits per heavy atom. The number of hydrogen-bond donors (Lipinski definition) is 0. The summed E-state index contributed by atoms with van der Waals surface area (Å²) in [6.07, 6.45) is 8.80. The van der Waals surface area contributed by atoms with E-state index in [0.717, 1.165) is 32.1 Å². The molecule has 0 atom stereocenters. The number of carbonyl (C=O) groups excluding carboxylic acids is 2. The lowest BCUT2D eigenvalue weighted by Gasteiger charge is -2.26. The fraction of sp³-hybridized carbons (Fsp3) is 0.545. The van der Waals surface area contributed by atoms with Crippen LogP contribution in [0.15, 0.2) is 42.5 Å². The van der Waals surface area contributed by atoms with E-state index in [4.69, 9.17) is 9.47 Å². The smallest absolute Gasteiger partial charge is 0.338 e. The lowest BCUT2D eigenvalue weighted by Crippen LogP contribution is -2.22. The second-order valence-corrected chi connectivity index (χ2v) is 7.96. The minimum atomic E-state index is -0.448. The van der Waals surface area contributed by atoms with Crippen molar-refractivity contribution in [1.82, 2.24) is 0 Å². The summed E-state index contributed by atoms with van der Waals surface area (Å²) in [6.45, 7) is 6.08. The van der Waals surface area contributed by atoms with Gasteiger partial charge in [0.15, 0.2) is 0 Å². The Hall–Kier alpha value is -2.10. The molecule has 1 aromatic carbocycles. The molecule has 142 valence electrons. The van der Waals surface area contributed by atoms with Crippen molar-refractivity contribution in [2.75, 3.05) is 6.61 Å². The molecule has 1 aliphatic rings. The maximum absolute atomic E-state index is 11.9. The van der Waals surface area contributed by atoms with Gasteiger partial charge in [0.25, 0.3) is 0 Å². The van der Waals surface area contributed by atoms with Gasteiger partial charge in [-0.2, -0.15) is 0 Å². The minimum Gasteiger partial charge on any atom is -0.462 e. The van der Waals surface area contributed by atoms with E-state index in [-0.39, 0.29) is 11.9 Å². The first-order valence-corrected chi connectivity index (χ1v) is 9.47. The lowest BCUT2D eigenvalue weighted by molar-refractivity contribution is -0.148. The number of allylic oxidation sites excluding steroid dienone is 1. The molecule has 0 amide bonds. The summed E-state index contributed by atoms with van der Waals surface area (Å²) in [5, 5.41) is 0. The summed E-state index contributed by atoms with van der Waals surface area (Å²) in [5.74, 6) is 0.502. The molecule has 0 N–H and O–H groups in total. The van der Waals surface area contributed by atoms with E-state index in [1.165, 1.54) is 0 Å². The van der Waals surface area contributed by atoms with Crippen LogP contribution in [0.2, 0.25) is 0 Å². The van der Waals surface area contributed by atoms with Crippen LogP contribution in [0, 0.1) is 11.8 Å². The van der Waals surface area contributed by atoms with Crippen molar-refractivity contribution in [3.63, 3.8) is 0 Å². The number of rotatable bonds is 6. The molecule has 0 saturated heterocycles. The van der Waals surface area contributed by atoms with Crippen molar-refractivity contribution >= 4 is 11.9 Å². The second kappa shape index (κ2) is 9.56. The molecule has 2 rings (SSSR count). The zero-order valence-corrected chi connectivity index (χ0v) is 16.1. The summed E-state index contributed by atoms with van der Waals surface area (Å²) in [5.41, 5.74) is 0.152. The molecular weight excluding hydrogens is 328 g/mol. The number of carbonyl (C=O) groups is 2. The Labute approximate surface area is 156 Å². The molecule has 1 saturated carbocycles. The molecule has 26 heavy (non-hydrogen) atoms. The van der Waals surface area contributed by atoms with Crippen molar-refractivity contribution in [3.8, 4) is 0 Å². The summed E-state index contributed by atoms with van der Waals surface area (Å²) >= 11 is 0. The molecule has 0 heterocycles. The molecule has 1 aliphatic carbocycles. The summed E-state index contributed by atoms with van der Waals surface area (Å²) in [4.78, 5) is 23.6. The maximum Gasteiger partial charge on any atom is 0.338 e. The van der Waals surface area contributed by atoms with Gasteiger partial charge in [0.2, 0.25) is 0 Å². The van der Waals surface area contributed by atoms with E-state index in [0.29, 0.717) is 24.0 Å². The highest BCUT2D eigenvalue weighted by Gasteiger charge is 2.21. The van der Waals surface area contributed by atoms with Crippen LogP contribution in [0.1, 0.15) is 63.2 Å². The van der Waals surface area contributed by atoms with Gasteiger partial charge < -0.3 is 9.47 Å².